The summed E-state index contributed by atoms with van der Waals surface area (Å²) in [6, 6.07) is 0. The minimum absolute atomic E-state index is 0.0212. The molecule has 0 amide bonds. The molecule has 1 rings (SSSR count). The second-order valence-electron chi connectivity index (χ2n) is 20.6. The van der Waals surface area contributed by atoms with Crippen LogP contribution in [0.4, 0.5) is 0 Å². The molecule has 1 heterocycles. The largest absolute Gasteiger partial charge is 0.457 e. The van der Waals surface area contributed by atoms with Crippen molar-refractivity contribution in [3.05, 3.63) is 109 Å². The molecule has 0 bridgehead atoms. The summed E-state index contributed by atoms with van der Waals surface area (Å²) in [5.41, 5.74) is 0. The number of aliphatic hydroxyl groups excluding tert-OH is 3. The molecule has 78 heavy (non-hydrogen) atoms. The van der Waals surface area contributed by atoms with Gasteiger partial charge >= 0.3 is 16.4 Å². The molecule has 4 N–H and O–H groups in total. The fraction of sp³-hybridized carbons (Fsp3) is 0.708. The molecule has 1 aliphatic rings. The molecule has 1 fully saturated rings. The summed E-state index contributed by atoms with van der Waals surface area (Å²) in [5, 5.41) is 30.9. The minimum Gasteiger partial charge on any atom is -0.457 e. The number of hydrogen-bond acceptors (Lipinski definition) is 11. The first kappa shape index (κ1) is 72.8. The van der Waals surface area contributed by atoms with Crippen LogP contribution < -0.4 is 0 Å². The second kappa shape index (κ2) is 54.4. The molecule has 0 aromatic rings. The van der Waals surface area contributed by atoms with Crippen molar-refractivity contribution in [2.24, 2.45) is 0 Å². The van der Waals surface area contributed by atoms with Crippen LogP contribution in [0.5, 0.6) is 0 Å². The molecule has 1 saturated heterocycles. The van der Waals surface area contributed by atoms with Gasteiger partial charge in [0.1, 0.15) is 30.5 Å². The first-order valence-electron chi connectivity index (χ1n) is 30.6. The van der Waals surface area contributed by atoms with Gasteiger partial charge in [0.25, 0.3) is 0 Å². The summed E-state index contributed by atoms with van der Waals surface area (Å²) in [4.78, 5) is 13.0. The van der Waals surface area contributed by atoms with Gasteiger partial charge in [-0.15, -0.1) is 0 Å². The Morgan fingerprint density at radius 2 is 0.885 bits per heavy atom. The Balaban J connectivity index is 2.31. The smallest absolute Gasteiger partial charge is 0.397 e. The van der Waals surface area contributed by atoms with Gasteiger partial charge in [0.15, 0.2) is 6.29 Å². The number of rotatable bonds is 53. The highest BCUT2D eigenvalue weighted by Crippen LogP contribution is 2.26. The fourth-order valence-corrected chi connectivity index (χ4v) is 9.31. The molecule has 0 aromatic heterocycles. The maximum atomic E-state index is 13.0. The molecule has 12 nitrogen and oxygen atoms in total. The van der Waals surface area contributed by atoms with Gasteiger partial charge in [-0.25, -0.2) is 4.18 Å². The molecule has 0 aliphatic carbocycles. The van der Waals surface area contributed by atoms with Crippen LogP contribution in [-0.2, 0) is 38.3 Å². The normalized spacial score (nSPS) is 19.2. The highest BCUT2D eigenvalue weighted by Gasteiger charge is 2.48. The number of carbonyl (C=O) groups excluding carboxylic acids is 1. The lowest BCUT2D eigenvalue weighted by Crippen LogP contribution is -2.60. The van der Waals surface area contributed by atoms with Crippen LogP contribution in [0.3, 0.4) is 0 Å². The van der Waals surface area contributed by atoms with E-state index in [1.54, 1.807) is 0 Å². The van der Waals surface area contributed by atoms with Crippen molar-refractivity contribution in [2.75, 3.05) is 26.4 Å². The van der Waals surface area contributed by atoms with Crippen molar-refractivity contribution in [2.45, 2.75) is 269 Å². The first-order chi connectivity index (χ1) is 38.1. The number of unbranched alkanes of at least 4 members (excludes halogenated alkanes) is 22. The summed E-state index contributed by atoms with van der Waals surface area (Å²) in [6.07, 6.45) is 68.3. The third kappa shape index (κ3) is 46.5. The lowest BCUT2D eigenvalue weighted by molar-refractivity contribution is -0.301. The van der Waals surface area contributed by atoms with Crippen LogP contribution >= 0.6 is 0 Å². The predicted molar refractivity (Wildman–Crippen MR) is 321 cm³/mol. The molecule has 0 spiro atoms. The molecule has 448 valence electrons. The van der Waals surface area contributed by atoms with Gasteiger partial charge in [0, 0.05) is 13.0 Å². The molecule has 0 radical (unpaired) electrons. The van der Waals surface area contributed by atoms with E-state index >= 15 is 0 Å². The van der Waals surface area contributed by atoms with E-state index in [0.29, 0.717) is 13.0 Å². The average molecular weight is 1120 g/mol. The average Bonchev–Trinajstić information content (AvgIpc) is 3.46. The standard InChI is InChI=1S/C65H110O12S/c1-3-5-7-9-11-13-15-17-19-21-23-25-27-29-31-33-35-37-39-41-43-45-47-49-51-53-55-73-57-59(58-74-65-63(69)64(77-78(70,71)72)62(68)60(56-66)76-65)75-61(67)54-52-50-48-46-44-42-40-38-36-34-32-30-28-26-24-22-20-18-16-14-12-10-8-6-4-2/h6,8,12,14-15,17-18,20-21,23-24,26-27,29-30,32,36,38,59-60,62-66,68-69H,3-5,7,9-11,13,16,19,22,25,28,31,33-35,37,39-58H2,1-2H3,(H,70,71,72)/b8-6-,14-12-,17-15-,20-18-,23-21-,26-24-,29-27-,32-30-,38-36-. The van der Waals surface area contributed by atoms with E-state index in [1.165, 1.54) is 96.3 Å². The predicted octanol–water partition coefficient (Wildman–Crippen LogP) is 15.9. The van der Waals surface area contributed by atoms with E-state index in [1.807, 2.05) is 0 Å². The number of allylic oxidation sites excluding steroid dienone is 18. The molecular formula is C65H110O12S. The summed E-state index contributed by atoms with van der Waals surface area (Å²) in [5.74, 6) is -0.417. The van der Waals surface area contributed by atoms with Crippen molar-refractivity contribution in [3.63, 3.8) is 0 Å². The zero-order valence-electron chi connectivity index (χ0n) is 48.7. The van der Waals surface area contributed by atoms with Crippen LogP contribution in [-0.4, -0.2) is 97.5 Å². The Labute approximate surface area is 475 Å². The van der Waals surface area contributed by atoms with E-state index in [-0.39, 0.29) is 19.6 Å². The first-order valence-corrected chi connectivity index (χ1v) is 32.0. The van der Waals surface area contributed by atoms with Crippen molar-refractivity contribution in [3.8, 4) is 0 Å². The van der Waals surface area contributed by atoms with E-state index < -0.39 is 59.8 Å². The zero-order chi connectivity index (χ0) is 56.7. The van der Waals surface area contributed by atoms with Crippen LogP contribution in [0.2, 0.25) is 0 Å². The Bertz CT molecular complexity index is 1760. The number of aliphatic hydroxyl groups is 3. The van der Waals surface area contributed by atoms with E-state index in [9.17, 15) is 33.1 Å². The molecule has 13 heteroatoms. The van der Waals surface area contributed by atoms with Crippen molar-refractivity contribution in [1.29, 1.82) is 0 Å². The molecule has 0 aromatic carbocycles. The number of ether oxygens (including phenoxy) is 4. The highest BCUT2D eigenvalue weighted by atomic mass is 32.3. The van der Waals surface area contributed by atoms with Crippen LogP contribution in [0, 0.1) is 0 Å². The summed E-state index contributed by atoms with van der Waals surface area (Å²) < 4.78 is 59.5. The van der Waals surface area contributed by atoms with E-state index in [4.69, 9.17) is 18.9 Å². The van der Waals surface area contributed by atoms with Gasteiger partial charge in [-0.2, -0.15) is 8.42 Å². The second-order valence-corrected chi connectivity index (χ2v) is 21.6. The quantitative estimate of drug-likeness (QED) is 0.0196. The molecule has 6 unspecified atom stereocenters. The van der Waals surface area contributed by atoms with Gasteiger partial charge in [0.2, 0.25) is 0 Å². The van der Waals surface area contributed by atoms with Gasteiger partial charge in [-0.1, -0.05) is 232 Å². The van der Waals surface area contributed by atoms with Gasteiger partial charge in [-0.05, 0) is 103 Å². The van der Waals surface area contributed by atoms with Crippen molar-refractivity contribution in [1.82, 2.24) is 0 Å². The number of hydrogen-bond donors (Lipinski definition) is 4. The maximum absolute atomic E-state index is 13.0. The van der Waals surface area contributed by atoms with E-state index in [0.717, 1.165) is 109 Å². The van der Waals surface area contributed by atoms with Gasteiger partial charge in [0.05, 0.1) is 19.8 Å². The lowest BCUT2D eigenvalue weighted by atomic mass is 9.99. The Morgan fingerprint density at radius 3 is 1.29 bits per heavy atom. The van der Waals surface area contributed by atoms with Gasteiger partial charge in [-0.3, -0.25) is 9.35 Å². The molecule has 0 saturated carbocycles. The third-order valence-electron chi connectivity index (χ3n) is 13.4. The SMILES string of the molecule is CC/C=C\C/C=C\C/C=C\C/C=C\C/C=C\C/C=C\CCCCCCCCC(=O)OC(COCCCCCCCCCCCCC/C=C\C/C=C\C/C=C\CCCCCCC)COC1OC(CO)C(O)C(OS(=O)(=O)O)C1O. The minimum atomic E-state index is -5.08. The highest BCUT2D eigenvalue weighted by molar-refractivity contribution is 7.80. The van der Waals surface area contributed by atoms with Crippen LogP contribution in [0.25, 0.3) is 0 Å². The van der Waals surface area contributed by atoms with Crippen LogP contribution in [0.15, 0.2) is 109 Å². The molecular weight excluding hydrogens is 1000 g/mol. The Morgan fingerprint density at radius 1 is 0.500 bits per heavy atom. The zero-order valence-corrected chi connectivity index (χ0v) is 49.5. The molecule has 1 aliphatic heterocycles. The third-order valence-corrected chi connectivity index (χ3v) is 13.8. The van der Waals surface area contributed by atoms with Crippen molar-refractivity contribution >= 4 is 16.4 Å². The summed E-state index contributed by atoms with van der Waals surface area (Å²) in [6.45, 7) is 3.85. The van der Waals surface area contributed by atoms with E-state index in [2.05, 4.69) is 127 Å². The Kier molecular flexibility index (Phi) is 50.7. The van der Waals surface area contributed by atoms with Gasteiger partial charge < -0.3 is 34.3 Å². The lowest BCUT2D eigenvalue weighted by Gasteiger charge is -2.41. The van der Waals surface area contributed by atoms with Crippen molar-refractivity contribution < 1.29 is 56.2 Å². The van der Waals surface area contributed by atoms with Crippen LogP contribution in [0.1, 0.15) is 232 Å². The topological polar surface area (TPSA) is 178 Å². The molecule has 6 atom stereocenters. The number of carbonyl (C=O) groups is 1. The Hall–Kier alpha value is -3.24. The monoisotopic (exact) mass is 1110 g/mol. The number of esters is 1. The maximum Gasteiger partial charge on any atom is 0.397 e. The summed E-state index contributed by atoms with van der Waals surface area (Å²) >= 11 is 0. The summed E-state index contributed by atoms with van der Waals surface area (Å²) in [7, 11) is -5.08. The fourth-order valence-electron chi connectivity index (χ4n) is 8.80.